The lowest BCUT2D eigenvalue weighted by Crippen LogP contribution is -2.38. The number of fused-ring (bicyclic) bond motifs is 1. The van der Waals surface area contributed by atoms with E-state index in [0.717, 1.165) is 34.1 Å². The van der Waals surface area contributed by atoms with Gasteiger partial charge in [0.2, 0.25) is 0 Å². The highest BCUT2D eigenvalue weighted by Crippen LogP contribution is 2.35. The standard InChI is InChI=1S/C19H15ClF2N2OS/c20-12-4-5-16-15(10-12)23-18(26-16)11-6-8-24(9-7-11)19(25)13-2-1-3-14(21)17(13)22/h1-5,10-11H,6-9H2. The molecule has 0 atom stereocenters. The molecule has 2 heterocycles. The normalized spacial score (nSPS) is 15.6. The van der Waals surface area contributed by atoms with Crippen LogP contribution in [0.5, 0.6) is 0 Å². The van der Waals surface area contributed by atoms with E-state index in [4.69, 9.17) is 11.6 Å². The molecule has 3 aromatic rings. The van der Waals surface area contributed by atoms with Gasteiger partial charge in [0.1, 0.15) is 0 Å². The number of carbonyl (C=O) groups excluding carboxylic acids is 1. The molecule has 1 fully saturated rings. The molecular formula is C19H15ClF2N2OS. The number of nitrogens with zero attached hydrogens (tertiary/aromatic N) is 2. The lowest BCUT2D eigenvalue weighted by molar-refractivity contribution is 0.0707. The molecule has 0 saturated carbocycles. The van der Waals surface area contributed by atoms with E-state index in [1.54, 1.807) is 16.2 Å². The molecule has 0 spiro atoms. The zero-order valence-electron chi connectivity index (χ0n) is 13.7. The number of rotatable bonds is 2. The molecule has 0 unspecified atom stereocenters. The predicted octanol–water partition coefficient (Wildman–Crippen LogP) is 5.25. The van der Waals surface area contributed by atoms with Crippen molar-refractivity contribution < 1.29 is 13.6 Å². The average molecular weight is 393 g/mol. The number of halogens is 3. The quantitative estimate of drug-likeness (QED) is 0.597. The van der Waals surface area contributed by atoms with Gasteiger partial charge in [0.25, 0.3) is 5.91 Å². The highest BCUT2D eigenvalue weighted by atomic mass is 35.5. The molecule has 0 aliphatic carbocycles. The van der Waals surface area contributed by atoms with Crippen LogP contribution in [0.25, 0.3) is 10.2 Å². The number of aromatic nitrogens is 1. The summed E-state index contributed by atoms with van der Waals surface area (Å²) in [5, 5.41) is 1.69. The zero-order chi connectivity index (χ0) is 18.3. The minimum Gasteiger partial charge on any atom is -0.339 e. The van der Waals surface area contributed by atoms with Crippen molar-refractivity contribution in [1.29, 1.82) is 0 Å². The maximum atomic E-state index is 13.9. The fourth-order valence-electron chi connectivity index (χ4n) is 3.26. The number of benzene rings is 2. The third-order valence-electron chi connectivity index (χ3n) is 4.68. The van der Waals surface area contributed by atoms with Gasteiger partial charge >= 0.3 is 0 Å². The molecule has 3 nitrogen and oxygen atoms in total. The van der Waals surface area contributed by atoms with Gasteiger partial charge in [0, 0.05) is 24.0 Å². The first-order valence-corrected chi connectivity index (χ1v) is 9.51. The van der Waals surface area contributed by atoms with Crippen molar-refractivity contribution >= 4 is 39.1 Å². The van der Waals surface area contributed by atoms with Crippen molar-refractivity contribution in [3.8, 4) is 0 Å². The topological polar surface area (TPSA) is 33.2 Å². The molecule has 0 bridgehead atoms. The van der Waals surface area contributed by atoms with Gasteiger partial charge in [-0.05, 0) is 43.2 Å². The number of hydrogen-bond donors (Lipinski definition) is 0. The maximum Gasteiger partial charge on any atom is 0.256 e. The summed E-state index contributed by atoms with van der Waals surface area (Å²) >= 11 is 7.65. The van der Waals surface area contributed by atoms with E-state index in [2.05, 4.69) is 4.98 Å². The Labute approximate surface area is 158 Å². The van der Waals surface area contributed by atoms with Gasteiger partial charge in [-0.2, -0.15) is 0 Å². The van der Waals surface area contributed by atoms with Gasteiger partial charge in [0.05, 0.1) is 20.8 Å². The van der Waals surface area contributed by atoms with E-state index >= 15 is 0 Å². The van der Waals surface area contributed by atoms with Crippen LogP contribution < -0.4 is 0 Å². The van der Waals surface area contributed by atoms with Crippen molar-refractivity contribution in [1.82, 2.24) is 9.88 Å². The number of likely N-dealkylation sites (tertiary alicyclic amines) is 1. The monoisotopic (exact) mass is 392 g/mol. The van der Waals surface area contributed by atoms with Crippen LogP contribution in [-0.4, -0.2) is 28.9 Å². The minimum absolute atomic E-state index is 0.210. The Morgan fingerprint density at radius 1 is 1.19 bits per heavy atom. The fourth-order valence-corrected chi connectivity index (χ4v) is 4.55. The molecule has 1 aromatic heterocycles. The van der Waals surface area contributed by atoms with E-state index in [1.165, 1.54) is 12.1 Å². The molecule has 1 aliphatic heterocycles. The predicted molar refractivity (Wildman–Crippen MR) is 98.9 cm³/mol. The average Bonchev–Trinajstić information content (AvgIpc) is 3.07. The third-order valence-corrected chi connectivity index (χ3v) is 6.11. The van der Waals surface area contributed by atoms with Crippen molar-refractivity contribution in [3.05, 3.63) is 63.6 Å². The Morgan fingerprint density at radius 3 is 2.73 bits per heavy atom. The Balaban J connectivity index is 1.48. The second kappa shape index (κ2) is 6.93. The van der Waals surface area contributed by atoms with Crippen molar-refractivity contribution in [2.75, 3.05) is 13.1 Å². The third kappa shape index (κ3) is 3.19. The molecular weight excluding hydrogens is 378 g/mol. The molecule has 7 heteroatoms. The SMILES string of the molecule is O=C(c1cccc(F)c1F)N1CCC(c2nc3cc(Cl)ccc3s2)CC1. The summed E-state index contributed by atoms with van der Waals surface area (Å²) in [7, 11) is 0. The first-order valence-electron chi connectivity index (χ1n) is 8.32. The summed E-state index contributed by atoms with van der Waals surface area (Å²) in [6.07, 6.45) is 1.49. The Morgan fingerprint density at radius 2 is 1.96 bits per heavy atom. The molecule has 4 rings (SSSR count). The number of piperidine rings is 1. The van der Waals surface area contributed by atoms with Crippen LogP contribution in [-0.2, 0) is 0 Å². The van der Waals surface area contributed by atoms with Crippen LogP contribution in [0.3, 0.4) is 0 Å². The van der Waals surface area contributed by atoms with Crippen LogP contribution in [0, 0.1) is 11.6 Å². The summed E-state index contributed by atoms with van der Waals surface area (Å²) in [6.45, 7) is 0.992. The summed E-state index contributed by atoms with van der Waals surface area (Å²) in [6, 6.07) is 9.35. The molecule has 0 radical (unpaired) electrons. The Hall–Kier alpha value is -2.05. The van der Waals surface area contributed by atoms with E-state index in [0.29, 0.717) is 18.1 Å². The second-order valence-corrected chi connectivity index (χ2v) is 7.83. The van der Waals surface area contributed by atoms with E-state index < -0.39 is 17.5 Å². The number of thiazole rings is 1. The molecule has 1 saturated heterocycles. The number of amides is 1. The van der Waals surface area contributed by atoms with Crippen LogP contribution in [0.4, 0.5) is 8.78 Å². The molecule has 2 aromatic carbocycles. The van der Waals surface area contributed by atoms with Gasteiger partial charge in [-0.3, -0.25) is 4.79 Å². The number of hydrogen-bond acceptors (Lipinski definition) is 3. The van der Waals surface area contributed by atoms with Gasteiger partial charge in [-0.1, -0.05) is 17.7 Å². The highest BCUT2D eigenvalue weighted by molar-refractivity contribution is 7.18. The summed E-state index contributed by atoms with van der Waals surface area (Å²) in [5.74, 6) is -2.29. The number of carbonyl (C=O) groups is 1. The minimum atomic E-state index is -1.08. The van der Waals surface area contributed by atoms with Gasteiger partial charge in [-0.25, -0.2) is 13.8 Å². The zero-order valence-corrected chi connectivity index (χ0v) is 15.3. The van der Waals surface area contributed by atoms with E-state index in [1.807, 2.05) is 18.2 Å². The summed E-state index contributed by atoms with van der Waals surface area (Å²) in [4.78, 5) is 18.7. The highest BCUT2D eigenvalue weighted by Gasteiger charge is 2.28. The van der Waals surface area contributed by atoms with E-state index in [-0.39, 0.29) is 11.5 Å². The molecule has 1 amide bonds. The Bertz CT molecular complexity index is 983. The summed E-state index contributed by atoms with van der Waals surface area (Å²) in [5.41, 5.74) is 0.677. The summed E-state index contributed by atoms with van der Waals surface area (Å²) < 4.78 is 28.3. The lowest BCUT2D eigenvalue weighted by atomic mass is 9.97. The van der Waals surface area contributed by atoms with Gasteiger partial charge < -0.3 is 4.90 Å². The van der Waals surface area contributed by atoms with Crippen LogP contribution >= 0.6 is 22.9 Å². The van der Waals surface area contributed by atoms with Crippen molar-refractivity contribution in [2.45, 2.75) is 18.8 Å². The van der Waals surface area contributed by atoms with Crippen LogP contribution in [0.2, 0.25) is 5.02 Å². The van der Waals surface area contributed by atoms with Crippen LogP contribution in [0.1, 0.15) is 34.1 Å². The Kier molecular flexibility index (Phi) is 4.63. The van der Waals surface area contributed by atoms with Crippen molar-refractivity contribution in [2.24, 2.45) is 0 Å². The molecule has 0 N–H and O–H groups in total. The maximum absolute atomic E-state index is 13.9. The largest absolute Gasteiger partial charge is 0.339 e. The first-order chi connectivity index (χ1) is 12.5. The van der Waals surface area contributed by atoms with Crippen LogP contribution in [0.15, 0.2) is 36.4 Å². The molecule has 134 valence electrons. The van der Waals surface area contributed by atoms with Gasteiger partial charge in [0.15, 0.2) is 11.6 Å². The fraction of sp³-hybridized carbons (Fsp3) is 0.263. The van der Waals surface area contributed by atoms with Crippen molar-refractivity contribution in [3.63, 3.8) is 0 Å². The first kappa shape index (κ1) is 17.4. The lowest BCUT2D eigenvalue weighted by Gasteiger charge is -2.31. The smallest absolute Gasteiger partial charge is 0.256 e. The second-order valence-electron chi connectivity index (χ2n) is 6.33. The molecule has 1 aliphatic rings. The van der Waals surface area contributed by atoms with Gasteiger partial charge in [-0.15, -0.1) is 11.3 Å². The molecule has 26 heavy (non-hydrogen) atoms. The van der Waals surface area contributed by atoms with E-state index in [9.17, 15) is 13.6 Å².